The topological polar surface area (TPSA) is 78.9 Å². The van der Waals surface area contributed by atoms with Crippen LogP contribution in [0.15, 0.2) is 24.3 Å². The Morgan fingerprint density at radius 1 is 1.42 bits per heavy atom. The molecule has 0 spiro atoms. The summed E-state index contributed by atoms with van der Waals surface area (Å²) in [6.07, 6.45) is 2.39. The van der Waals surface area contributed by atoms with E-state index in [-0.39, 0.29) is 5.78 Å². The van der Waals surface area contributed by atoms with Crippen molar-refractivity contribution in [1.82, 2.24) is 9.78 Å². The molecular weight excluding hydrogens is 302 g/mol. The van der Waals surface area contributed by atoms with Crippen molar-refractivity contribution in [1.29, 1.82) is 5.26 Å². The molecule has 1 aliphatic rings. The van der Waals surface area contributed by atoms with E-state index in [1.165, 1.54) is 0 Å². The minimum Gasteiger partial charge on any atom is -0.393 e. The van der Waals surface area contributed by atoms with Gasteiger partial charge in [-0.2, -0.15) is 10.4 Å². The minimum atomic E-state index is -0.482. The predicted octanol–water partition coefficient (Wildman–Crippen LogP) is 3.41. The summed E-state index contributed by atoms with van der Waals surface area (Å²) in [4.78, 5) is 12.7. The Balaban J connectivity index is 1.98. The lowest BCUT2D eigenvalue weighted by Gasteiger charge is -2.07. The zero-order valence-corrected chi connectivity index (χ0v) is 14.0. The van der Waals surface area contributed by atoms with E-state index < -0.39 is 6.10 Å². The third kappa shape index (κ3) is 3.24. The van der Waals surface area contributed by atoms with E-state index in [0.717, 1.165) is 29.7 Å². The molecule has 1 aromatic heterocycles. The van der Waals surface area contributed by atoms with Crippen LogP contribution in [0, 0.1) is 18.3 Å². The molecule has 0 unspecified atom stereocenters. The molecule has 0 aliphatic heterocycles. The highest BCUT2D eigenvalue weighted by Gasteiger charge is 2.31. The standard InChI is InChI=1S/C19H21N3O2/c1-12(23)3-10-17(24)19-13(2)18(21-22(19)16-8-9-16)15-6-4-14(11-20)5-7-15/h4-7,12,16,23H,3,8-10H2,1-2H3/t12-/m1/s1. The number of hydrogen-bond donors (Lipinski definition) is 1. The smallest absolute Gasteiger partial charge is 0.181 e. The van der Waals surface area contributed by atoms with Gasteiger partial charge in [0.05, 0.1) is 29.5 Å². The number of benzene rings is 1. The van der Waals surface area contributed by atoms with Crippen LogP contribution in [0.4, 0.5) is 0 Å². The van der Waals surface area contributed by atoms with E-state index in [2.05, 4.69) is 6.07 Å². The molecule has 24 heavy (non-hydrogen) atoms. The molecule has 124 valence electrons. The summed E-state index contributed by atoms with van der Waals surface area (Å²) in [5.74, 6) is 0.0349. The maximum Gasteiger partial charge on any atom is 0.181 e. The first-order valence-electron chi connectivity index (χ1n) is 8.32. The first-order chi connectivity index (χ1) is 11.5. The van der Waals surface area contributed by atoms with E-state index in [1.807, 2.05) is 23.7 Å². The van der Waals surface area contributed by atoms with Crippen molar-refractivity contribution in [2.75, 3.05) is 0 Å². The summed E-state index contributed by atoms with van der Waals surface area (Å²) in [5.41, 5.74) is 3.85. The molecule has 5 nitrogen and oxygen atoms in total. The lowest BCUT2D eigenvalue weighted by atomic mass is 10.0. The minimum absolute atomic E-state index is 0.0349. The Kier molecular flexibility index (Phi) is 4.50. The number of nitrogens with zero attached hydrogens (tertiary/aromatic N) is 3. The monoisotopic (exact) mass is 323 g/mol. The SMILES string of the molecule is Cc1c(-c2ccc(C#N)cc2)nn(C2CC2)c1C(=O)CC[C@@H](C)O. The first kappa shape index (κ1) is 16.4. The van der Waals surface area contributed by atoms with Gasteiger partial charge in [-0.1, -0.05) is 12.1 Å². The molecule has 1 atom stereocenters. The summed E-state index contributed by atoms with van der Waals surface area (Å²) >= 11 is 0. The van der Waals surface area contributed by atoms with Gasteiger partial charge in [0.1, 0.15) is 5.69 Å². The number of aliphatic hydroxyl groups is 1. The third-order valence-electron chi connectivity index (χ3n) is 4.38. The molecule has 1 saturated carbocycles. The molecule has 2 aromatic rings. The van der Waals surface area contributed by atoms with Crippen molar-refractivity contribution >= 4 is 5.78 Å². The summed E-state index contributed by atoms with van der Waals surface area (Å²) in [7, 11) is 0. The van der Waals surface area contributed by atoms with Gasteiger partial charge in [-0.3, -0.25) is 9.48 Å². The van der Waals surface area contributed by atoms with Crippen molar-refractivity contribution in [3.8, 4) is 17.3 Å². The Labute approximate surface area is 141 Å². The molecule has 1 aliphatic carbocycles. The fourth-order valence-electron chi connectivity index (χ4n) is 2.87. The number of ketones is 1. The molecule has 0 bridgehead atoms. The second-order valence-electron chi connectivity index (χ2n) is 6.50. The van der Waals surface area contributed by atoms with Gasteiger partial charge in [0.25, 0.3) is 0 Å². The molecule has 5 heteroatoms. The van der Waals surface area contributed by atoms with Crippen LogP contribution >= 0.6 is 0 Å². The number of nitriles is 1. The van der Waals surface area contributed by atoms with Crippen LogP contribution in [-0.2, 0) is 0 Å². The molecule has 1 aromatic carbocycles. The van der Waals surface area contributed by atoms with Gasteiger partial charge in [-0.05, 0) is 45.2 Å². The molecule has 3 rings (SSSR count). The zero-order chi connectivity index (χ0) is 17.3. The Morgan fingerprint density at radius 3 is 2.62 bits per heavy atom. The summed E-state index contributed by atoms with van der Waals surface area (Å²) in [6.45, 7) is 3.62. The number of hydrogen-bond acceptors (Lipinski definition) is 4. The lowest BCUT2D eigenvalue weighted by Crippen LogP contribution is -2.12. The highest BCUT2D eigenvalue weighted by Crippen LogP contribution is 2.38. The summed E-state index contributed by atoms with van der Waals surface area (Å²) in [6, 6.07) is 9.68. The van der Waals surface area contributed by atoms with Gasteiger partial charge in [0, 0.05) is 17.5 Å². The molecule has 1 heterocycles. The maximum atomic E-state index is 12.7. The number of carbonyl (C=O) groups is 1. The van der Waals surface area contributed by atoms with Crippen molar-refractivity contribution in [3.05, 3.63) is 41.1 Å². The van der Waals surface area contributed by atoms with Gasteiger partial charge in [0.2, 0.25) is 0 Å². The maximum absolute atomic E-state index is 12.7. The van der Waals surface area contributed by atoms with Crippen LogP contribution in [0.1, 0.15) is 60.3 Å². The summed E-state index contributed by atoms with van der Waals surface area (Å²) in [5, 5.41) is 23.1. The quantitative estimate of drug-likeness (QED) is 0.826. The van der Waals surface area contributed by atoms with Crippen molar-refractivity contribution in [3.63, 3.8) is 0 Å². The van der Waals surface area contributed by atoms with Crippen LogP contribution in [0.25, 0.3) is 11.3 Å². The van der Waals surface area contributed by atoms with Gasteiger partial charge >= 0.3 is 0 Å². The molecule has 1 N–H and O–H groups in total. The van der Waals surface area contributed by atoms with Crippen LogP contribution < -0.4 is 0 Å². The predicted molar refractivity (Wildman–Crippen MR) is 90.6 cm³/mol. The van der Waals surface area contributed by atoms with Crippen LogP contribution in [0.5, 0.6) is 0 Å². The third-order valence-corrected chi connectivity index (χ3v) is 4.38. The lowest BCUT2D eigenvalue weighted by molar-refractivity contribution is 0.0938. The van der Waals surface area contributed by atoms with E-state index >= 15 is 0 Å². The van der Waals surface area contributed by atoms with Gasteiger partial charge < -0.3 is 5.11 Å². The van der Waals surface area contributed by atoms with Crippen molar-refractivity contribution < 1.29 is 9.90 Å². The normalized spacial score (nSPS) is 15.1. The van der Waals surface area contributed by atoms with Crippen LogP contribution in [0.3, 0.4) is 0 Å². The Hall–Kier alpha value is -2.45. The zero-order valence-electron chi connectivity index (χ0n) is 14.0. The second-order valence-corrected chi connectivity index (χ2v) is 6.50. The molecular formula is C19H21N3O2. The average molecular weight is 323 g/mol. The van der Waals surface area contributed by atoms with Gasteiger partial charge in [0.15, 0.2) is 5.78 Å². The summed E-state index contributed by atoms with van der Waals surface area (Å²) < 4.78 is 1.87. The largest absolute Gasteiger partial charge is 0.393 e. The Bertz CT molecular complexity index is 793. The highest BCUT2D eigenvalue weighted by molar-refractivity contribution is 5.97. The fourth-order valence-corrected chi connectivity index (χ4v) is 2.87. The Morgan fingerprint density at radius 2 is 2.08 bits per heavy atom. The van der Waals surface area contributed by atoms with E-state index in [1.54, 1.807) is 19.1 Å². The highest BCUT2D eigenvalue weighted by atomic mass is 16.3. The van der Waals surface area contributed by atoms with Crippen molar-refractivity contribution in [2.45, 2.75) is 51.7 Å². The van der Waals surface area contributed by atoms with Crippen LogP contribution in [-0.4, -0.2) is 26.8 Å². The number of carbonyl (C=O) groups excluding carboxylic acids is 1. The fraction of sp³-hybridized carbons (Fsp3) is 0.421. The average Bonchev–Trinajstić information content (AvgIpc) is 3.36. The second kappa shape index (κ2) is 6.58. The van der Waals surface area contributed by atoms with Crippen LogP contribution in [0.2, 0.25) is 0 Å². The molecule has 1 fully saturated rings. The number of Topliss-reactive ketones (excluding diaryl/α,β-unsaturated/α-hetero) is 1. The van der Waals surface area contributed by atoms with Gasteiger partial charge in [-0.25, -0.2) is 0 Å². The molecule has 0 radical (unpaired) electrons. The van der Waals surface area contributed by atoms with Crippen molar-refractivity contribution in [2.24, 2.45) is 0 Å². The number of rotatable bonds is 6. The first-order valence-corrected chi connectivity index (χ1v) is 8.32. The number of aromatic nitrogens is 2. The molecule has 0 saturated heterocycles. The molecule has 0 amide bonds. The van der Waals surface area contributed by atoms with E-state index in [0.29, 0.717) is 30.1 Å². The number of aliphatic hydroxyl groups excluding tert-OH is 1. The van der Waals surface area contributed by atoms with E-state index in [9.17, 15) is 9.90 Å². The van der Waals surface area contributed by atoms with Gasteiger partial charge in [-0.15, -0.1) is 0 Å². The van der Waals surface area contributed by atoms with E-state index in [4.69, 9.17) is 10.4 Å².